The van der Waals surface area contributed by atoms with Gasteiger partial charge in [-0.25, -0.2) is 0 Å². The standard InChI is InChI=1S/C26H28N2O2/c1-17-6-15-23(18(2)16-17)25(30)28-22-13-11-21(12-14-22)27-24(29)19-7-9-20(10-8-19)26(3,4)5/h6-16H,1-5H3,(H,27,29)(H,28,30). The molecule has 0 radical (unpaired) electrons. The van der Waals surface area contributed by atoms with Crippen molar-refractivity contribution in [2.45, 2.75) is 40.0 Å². The molecule has 3 rings (SSSR count). The van der Waals surface area contributed by atoms with Gasteiger partial charge in [0.25, 0.3) is 11.8 Å². The number of carbonyl (C=O) groups excluding carboxylic acids is 2. The van der Waals surface area contributed by atoms with Gasteiger partial charge in [0.1, 0.15) is 0 Å². The van der Waals surface area contributed by atoms with Gasteiger partial charge >= 0.3 is 0 Å². The monoisotopic (exact) mass is 400 g/mol. The van der Waals surface area contributed by atoms with Crippen LogP contribution in [0.4, 0.5) is 11.4 Å². The summed E-state index contributed by atoms with van der Waals surface area (Å²) in [7, 11) is 0. The van der Waals surface area contributed by atoms with Gasteiger partial charge in [-0.2, -0.15) is 0 Å². The molecule has 4 nitrogen and oxygen atoms in total. The van der Waals surface area contributed by atoms with E-state index < -0.39 is 0 Å². The van der Waals surface area contributed by atoms with E-state index in [0.29, 0.717) is 22.5 Å². The Hall–Kier alpha value is -3.40. The van der Waals surface area contributed by atoms with Crippen molar-refractivity contribution < 1.29 is 9.59 Å². The Kier molecular flexibility index (Phi) is 6.06. The van der Waals surface area contributed by atoms with Crippen molar-refractivity contribution in [1.29, 1.82) is 0 Å². The minimum absolute atomic E-state index is 0.0480. The van der Waals surface area contributed by atoms with Crippen molar-refractivity contribution >= 4 is 23.2 Å². The van der Waals surface area contributed by atoms with Crippen molar-refractivity contribution in [2.75, 3.05) is 10.6 Å². The maximum absolute atomic E-state index is 12.5. The highest BCUT2D eigenvalue weighted by Crippen LogP contribution is 2.23. The van der Waals surface area contributed by atoms with Gasteiger partial charge in [0.05, 0.1) is 0 Å². The van der Waals surface area contributed by atoms with Crippen LogP contribution >= 0.6 is 0 Å². The van der Waals surface area contributed by atoms with Crippen LogP contribution in [-0.2, 0) is 5.41 Å². The van der Waals surface area contributed by atoms with Crippen LogP contribution in [-0.4, -0.2) is 11.8 Å². The van der Waals surface area contributed by atoms with Crippen LogP contribution in [0, 0.1) is 13.8 Å². The second-order valence-electron chi connectivity index (χ2n) is 8.63. The minimum atomic E-state index is -0.164. The first-order valence-electron chi connectivity index (χ1n) is 10.0. The number of hydrogen-bond donors (Lipinski definition) is 2. The molecule has 0 aromatic heterocycles. The third-order valence-electron chi connectivity index (χ3n) is 5.04. The predicted molar refractivity (Wildman–Crippen MR) is 123 cm³/mol. The van der Waals surface area contributed by atoms with Gasteiger partial charge in [-0.1, -0.05) is 50.6 Å². The number of rotatable bonds is 4. The van der Waals surface area contributed by atoms with Crippen LogP contribution in [0.2, 0.25) is 0 Å². The van der Waals surface area contributed by atoms with Crippen LogP contribution < -0.4 is 10.6 Å². The third kappa shape index (κ3) is 5.15. The lowest BCUT2D eigenvalue weighted by atomic mass is 9.87. The molecule has 0 spiro atoms. The van der Waals surface area contributed by atoms with E-state index in [9.17, 15) is 9.59 Å². The van der Waals surface area contributed by atoms with Gasteiger partial charge in [0.15, 0.2) is 0 Å². The van der Waals surface area contributed by atoms with E-state index in [0.717, 1.165) is 11.1 Å². The molecule has 30 heavy (non-hydrogen) atoms. The van der Waals surface area contributed by atoms with Crippen LogP contribution in [0.25, 0.3) is 0 Å². The molecular formula is C26H28N2O2. The van der Waals surface area contributed by atoms with Crippen LogP contribution in [0.1, 0.15) is 58.2 Å². The molecule has 0 heterocycles. The van der Waals surface area contributed by atoms with E-state index in [-0.39, 0.29) is 17.2 Å². The predicted octanol–water partition coefficient (Wildman–Crippen LogP) is 6.11. The number of anilines is 2. The van der Waals surface area contributed by atoms with Crippen LogP contribution in [0.3, 0.4) is 0 Å². The highest BCUT2D eigenvalue weighted by Gasteiger charge is 2.14. The maximum Gasteiger partial charge on any atom is 0.255 e. The van der Waals surface area contributed by atoms with Gasteiger partial charge in [-0.15, -0.1) is 0 Å². The minimum Gasteiger partial charge on any atom is -0.322 e. The molecule has 4 heteroatoms. The van der Waals surface area contributed by atoms with Gasteiger partial charge in [-0.05, 0) is 72.9 Å². The molecule has 0 fully saturated rings. The quantitative estimate of drug-likeness (QED) is 0.555. The lowest BCUT2D eigenvalue weighted by Gasteiger charge is -2.19. The van der Waals surface area contributed by atoms with Crippen molar-refractivity contribution in [1.82, 2.24) is 0 Å². The molecule has 0 aliphatic carbocycles. The number of aryl methyl sites for hydroxylation is 2. The van der Waals surface area contributed by atoms with E-state index in [1.54, 1.807) is 24.3 Å². The van der Waals surface area contributed by atoms with Crippen LogP contribution in [0.15, 0.2) is 66.7 Å². The topological polar surface area (TPSA) is 58.2 Å². The normalized spacial score (nSPS) is 11.1. The molecule has 0 bridgehead atoms. The Labute approximate surface area is 178 Å². The fourth-order valence-corrected chi connectivity index (χ4v) is 3.23. The summed E-state index contributed by atoms with van der Waals surface area (Å²) in [4.78, 5) is 25.0. The Morgan fingerprint density at radius 2 is 1.23 bits per heavy atom. The fraction of sp³-hybridized carbons (Fsp3) is 0.231. The Balaban J connectivity index is 1.64. The van der Waals surface area contributed by atoms with E-state index in [1.165, 1.54) is 5.56 Å². The highest BCUT2D eigenvalue weighted by atomic mass is 16.2. The van der Waals surface area contributed by atoms with Crippen molar-refractivity contribution in [3.63, 3.8) is 0 Å². The summed E-state index contributed by atoms with van der Waals surface area (Å²) >= 11 is 0. The molecule has 0 unspecified atom stereocenters. The fourth-order valence-electron chi connectivity index (χ4n) is 3.23. The second-order valence-corrected chi connectivity index (χ2v) is 8.63. The molecule has 0 saturated heterocycles. The Morgan fingerprint density at radius 3 is 1.73 bits per heavy atom. The molecular weight excluding hydrogens is 372 g/mol. The van der Waals surface area contributed by atoms with E-state index in [2.05, 4.69) is 31.4 Å². The number of nitrogens with one attached hydrogen (secondary N) is 2. The zero-order valence-electron chi connectivity index (χ0n) is 18.2. The van der Waals surface area contributed by atoms with E-state index in [1.807, 2.05) is 56.3 Å². The summed E-state index contributed by atoms with van der Waals surface area (Å²) in [6.07, 6.45) is 0. The number of hydrogen-bond acceptors (Lipinski definition) is 2. The first kappa shape index (κ1) is 21.3. The van der Waals surface area contributed by atoms with Crippen LogP contribution in [0.5, 0.6) is 0 Å². The van der Waals surface area contributed by atoms with Gasteiger partial charge in [-0.3, -0.25) is 9.59 Å². The number of amides is 2. The van der Waals surface area contributed by atoms with Crippen molar-refractivity contribution in [2.24, 2.45) is 0 Å². The molecule has 0 saturated carbocycles. The summed E-state index contributed by atoms with van der Waals surface area (Å²) in [5.74, 6) is -0.314. The Bertz CT molecular complexity index is 1060. The summed E-state index contributed by atoms with van der Waals surface area (Å²) in [6.45, 7) is 10.4. The number of carbonyl (C=O) groups is 2. The largest absolute Gasteiger partial charge is 0.322 e. The lowest BCUT2D eigenvalue weighted by Crippen LogP contribution is -2.15. The smallest absolute Gasteiger partial charge is 0.255 e. The summed E-state index contributed by atoms with van der Waals surface area (Å²) in [6, 6.07) is 20.5. The third-order valence-corrected chi connectivity index (χ3v) is 5.04. The maximum atomic E-state index is 12.5. The van der Waals surface area contributed by atoms with Gasteiger partial charge in [0, 0.05) is 22.5 Å². The summed E-state index contributed by atoms with van der Waals surface area (Å²) in [5, 5.41) is 5.79. The second kappa shape index (κ2) is 8.54. The van der Waals surface area contributed by atoms with Crippen molar-refractivity contribution in [3.05, 3.63) is 94.5 Å². The highest BCUT2D eigenvalue weighted by molar-refractivity contribution is 6.06. The first-order chi connectivity index (χ1) is 14.1. The zero-order valence-corrected chi connectivity index (χ0v) is 18.2. The average molecular weight is 401 g/mol. The van der Waals surface area contributed by atoms with E-state index in [4.69, 9.17) is 0 Å². The molecule has 2 N–H and O–H groups in total. The van der Waals surface area contributed by atoms with Crippen molar-refractivity contribution in [3.8, 4) is 0 Å². The molecule has 3 aromatic carbocycles. The molecule has 0 aliphatic heterocycles. The van der Waals surface area contributed by atoms with Gasteiger partial charge < -0.3 is 10.6 Å². The summed E-state index contributed by atoms with van der Waals surface area (Å²) in [5.41, 5.74) is 5.89. The molecule has 0 atom stereocenters. The molecule has 154 valence electrons. The molecule has 0 aliphatic rings. The zero-order chi connectivity index (χ0) is 21.9. The first-order valence-corrected chi connectivity index (χ1v) is 10.0. The lowest BCUT2D eigenvalue weighted by molar-refractivity contribution is 0.101. The Morgan fingerprint density at radius 1 is 0.700 bits per heavy atom. The molecule has 2 amide bonds. The van der Waals surface area contributed by atoms with Gasteiger partial charge in [0.2, 0.25) is 0 Å². The average Bonchev–Trinajstić information content (AvgIpc) is 2.68. The summed E-state index contributed by atoms with van der Waals surface area (Å²) < 4.78 is 0. The number of benzene rings is 3. The SMILES string of the molecule is Cc1ccc(C(=O)Nc2ccc(NC(=O)c3ccc(C(C)(C)C)cc3)cc2)c(C)c1. The molecule has 3 aromatic rings. The van der Waals surface area contributed by atoms with E-state index >= 15 is 0 Å².